The maximum absolute atomic E-state index is 12.7. The molecular formula is C22H24Cl2N4O2. The number of benzene rings is 2. The summed E-state index contributed by atoms with van der Waals surface area (Å²) in [5, 5.41) is 0.970. The summed E-state index contributed by atoms with van der Waals surface area (Å²) >= 11 is 12.6. The molecule has 158 valence electrons. The molecule has 0 spiro atoms. The number of anilines is 1. The predicted molar refractivity (Wildman–Crippen MR) is 122 cm³/mol. The SMILES string of the molecule is COc1ccc(Cl)cc1N1CCN(Cc2c(Cl)c(=O)n(-c3ccccc3)n2C)CC1. The van der Waals surface area contributed by atoms with Gasteiger partial charge in [-0.2, -0.15) is 0 Å². The third-order valence-electron chi connectivity index (χ3n) is 5.55. The zero-order chi connectivity index (χ0) is 21.3. The van der Waals surface area contributed by atoms with Gasteiger partial charge in [-0.05, 0) is 30.3 Å². The van der Waals surface area contributed by atoms with E-state index in [-0.39, 0.29) is 10.6 Å². The molecule has 0 radical (unpaired) electrons. The second-order valence-corrected chi connectivity index (χ2v) is 8.13. The number of hydrogen-bond acceptors (Lipinski definition) is 4. The van der Waals surface area contributed by atoms with Crippen LogP contribution in [0.4, 0.5) is 5.69 Å². The lowest BCUT2D eigenvalue weighted by Gasteiger charge is -2.36. The van der Waals surface area contributed by atoms with Gasteiger partial charge in [-0.25, -0.2) is 4.68 Å². The number of para-hydroxylation sites is 1. The van der Waals surface area contributed by atoms with Crippen LogP contribution in [0.3, 0.4) is 0 Å². The molecule has 0 atom stereocenters. The number of rotatable bonds is 5. The van der Waals surface area contributed by atoms with E-state index in [1.165, 1.54) is 0 Å². The maximum Gasteiger partial charge on any atom is 0.290 e. The Kier molecular flexibility index (Phi) is 6.09. The van der Waals surface area contributed by atoms with E-state index in [1.54, 1.807) is 11.8 Å². The number of halogens is 2. The highest BCUT2D eigenvalue weighted by molar-refractivity contribution is 6.31. The third-order valence-corrected chi connectivity index (χ3v) is 6.17. The van der Waals surface area contributed by atoms with Crippen LogP contribution in [-0.2, 0) is 13.6 Å². The summed E-state index contributed by atoms with van der Waals surface area (Å²) in [6.45, 7) is 3.97. The fourth-order valence-corrected chi connectivity index (χ4v) is 4.34. The molecule has 8 heteroatoms. The fraction of sp³-hybridized carbons (Fsp3) is 0.318. The van der Waals surface area contributed by atoms with Crippen molar-refractivity contribution in [2.75, 3.05) is 38.2 Å². The smallest absolute Gasteiger partial charge is 0.290 e. The lowest BCUT2D eigenvalue weighted by Crippen LogP contribution is -2.46. The molecule has 0 unspecified atom stereocenters. The molecule has 2 heterocycles. The van der Waals surface area contributed by atoms with Crippen molar-refractivity contribution in [3.63, 3.8) is 0 Å². The highest BCUT2D eigenvalue weighted by Crippen LogP contribution is 2.32. The third kappa shape index (κ3) is 3.95. The Morgan fingerprint density at radius 3 is 2.37 bits per heavy atom. The molecule has 0 bridgehead atoms. The Morgan fingerprint density at radius 1 is 1.00 bits per heavy atom. The Morgan fingerprint density at radius 2 is 1.70 bits per heavy atom. The maximum atomic E-state index is 12.7. The van der Waals surface area contributed by atoms with Crippen LogP contribution in [0.15, 0.2) is 53.3 Å². The van der Waals surface area contributed by atoms with Gasteiger partial charge in [0, 0.05) is 44.8 Å². The molecule has 0 amide bonds. The summed E-state index contributed by atoms with van der Waals surface area (Å²) in [7, 11) is 3.55. The van der Waals surface area contributed by atoms with Crippen LogP contribution in [-0.4, -0.2) is 47.6 Å². The monoisotopic (exact) mass is 446 g/mol. The van der Waals surface area contributed by atoms with E-state index >= 15 is 0 Å². The lowest BCUT2D eigenvalue weighted by molar-refractivity contribution is 0.242. The largest absolute Gasteiger partial charge is 0.495 e. The zero-order valence-corrected chi connectivity index (χ0v) is 18.5. The van der Waals surface area contributed by atoms with Crippen molar-refractivity contribution in [1.82, 2.24) is 14.3 Å². The molecule has 4 rings (SSSR count). The fourth-order valence-electron chi connectivity index (χ4n) is 3.92. The highest BCUT2D eigenvalue weighted by atomic mass is 35.5. The molecule has 0 saturated carbocycles. The minimum atomic E-state index is -0.192. The lowest BCUT2D eigenvalue weighted by atomic mass is 10.2. The Hall–Kier alpha value is -2.41. The average molecular weight is 447 g/mol. The molecule has 3 aromatic rings. The van der Waals surface area contributed by atoms with Crippen LogP contribution in [0.25, 0.3) is 5.69 Å². The van der Waals surface area contributed by atoms with E-state index in [9.17, 15) is 4.79 Å². The van der Waals surface area contributed by atoms with Crippen molar-refractivity contribution in [3.8, 4) is 11.4 Å². The van der Waals surface area contributed by atoms with E-state index in [0.717, 1.165) is 49.0 Å². The second kappa shape index (κ2) is 8.76. The molecule has 1 aliphatic rings. The first-order valence-corrected chi connectivity index (χ1v) is 10.6. The van der Waals surface area contributed by atoms with Crippen LogP contribution in [0, 0.1) is 0 Å². The van der Waals surface area contributed by atoms with Gasteiger partial charge in [0.25, 0.3) is 5.56 Å². The van der Waals surface area contributed by atoms with E-state index in [2.05, 4.69) is 9.80 Å². The van der Waals surface area contributed by atoms with Crippen LogP contribution >= 0.6 is 23.2 Å². The number of hydrogen-bond donors (Lipinski definition) is 0. The van der Waals surface area contributed by atoms with Gasteiger partial charge in [0.2, 0.25) is 0 Å². The normalized spacial score (nSPS) is 14.9. The first-order valence-electron chi connectivity index (χ1n) is 9.82. The minimum Gasteiger partial charge on any atom is -0.495 e. The van der Waals surface area contributed by atoms with E-state index in [0.29, 0.717) is 11.6 Å². The molecular weight excluding hydrogens is 423 g/mol. The average Bonchev–Trinajstić information content (AvgIpc) is 2.98. The van der Waals surface area contributed by atoms with Gasteiger partial charge in [-0.3, -0.25) is 14.4 Å². The number of aromatic nitrogens is 2. The van der Waals surface area contributed by atoms with Gasteiger partial charge in [0.15, 0.2) is 0 Å². The predicted octanol–water partition coefficient (Wildman–Crippen LogP) is 3.81. The van der Waals surface area contributed by atoms with Crippen molar-refractivity contribution in [2.24, 2.45) is 7.05 Å². The standard InChI is InChI=1S/C22H24Cl2N4O2/c1-25-19(21(24)22(29)28(25)17-6-4-3-5-7-17)15-26-10-12-27(13-11-26)18-14-16(23)8-9-20(18)30-2/h3-9,14H,10-13,15H2,1-2H3. The van der Waals surface area contributed by atoms with Crippen molar-refractivity contribution >= 4 is 28.9 Å². The Balaban J connectivity index is 1.50. The number of piperazine rings is 1. The van der Waals surface area contributed by atoms with Crippen molar-refractivity contribution in [3.05, 3.63) is 74.6 Å². The van der Waals surface area contributed by atoms with Crippen LogP contribution in [0.2, 0.25) is 10.0 Å². The molecule has 1 aromatic heterocycles. The molecule has 2 aromatic carbocycles. The molecule has 1 saturated heterocycles. The van der Waals surface area contributed by atoms with Gasteiger partial charge in [0.05, 0.1) is 24.2 Å². The van der Waals surface area contributed by atoms with E-state index in [4.69, 9.17) is 27.9 Å². The number of ether oxygens (including phenoxy) is 1. The van der Waals surface area contributed by atoms with Gasteiger partial charge < -0.3 is 9.64 Å². The first kappa shape index (κ1) is 20.8. The Labute approximate surface area is 185 Å². The highest BCUT2D eigenvalue weighted by Gasteiger charge is 2.24. The summed E-state index contributed by atoms with van der Waals surface area (Å²) in [5.74, 6) is 0.818. The van der Waals surface area contributed by atoms with E-state index in [1.807, 2.05) is 60.3 Å². The van der Waals surface area contributed by atoms with E-state index < -0.39 is 0 Å². The zero-order valence-electron chi connectivity index (χ0n) is 17.0. The second-order valence-electron chi connectivity index (χ2n) is 7.32. The van der Waals surface area contributed by atoms with Gasteiger partial charge in [-0.15, -0.1) is 0 Å². The molecule has 30 heavy (non-hydrogen) atoms. The Bertz CT molecular complexity index is 1090. The number of methoxy groups -OCH3 is 1. The van der Waals surface area contributed by atoms with Gasteiger partial charge in [0.1, 0.15) is 10.8 Å². The van der Waals surface area contributed by atoms with Crippen molar-refractivity contribution in [1.29, 1.82) is 0 Å². The van der Waals surface area contributed by atoms with Crippen molar-refractivity contribution in [2.45, 2.75) is 6.54 Å². The van der Waals surface area contributed by atoms with Crippen LogP contribution in [0.5, 0.6) is 5.75 Å². The van der Waals surface area contributed by atoms with Crippen molar-refractivity contribution < 1.29 is 4.74 Å². The summed E-state index contributed by atoms with van der Waals surface area (Å²) in [6, 6.07) is 15.2. The van der Waals surface area contributed by atoms with Gasteiger partial charge in [-0.1, -0.05) is 41.4 Å². The molecule has 0 aliphatic carbocycles. The quantitative estimate of drug-likeness (QED) is 0.597. The molecule has 6 nitrogen and oxygen atoms in total. The van der Waals surface area contributed by atoms with Crippen LogP contribution < -0.4 is 15.2 Å². The molecule has 1 aliphatic heterocycles. The molecule has 1 fully saturated rings. The van der Waals surface area contributed by atoms with Crippen LogP contribution in [0.1, 0.15) is 5.69 Å². The summed E-state index contributed by atoms with van der Waals surface area (Å²) < 4.78 is 8.96. The summed E-state index contributed by atoms with van der Waals surface area (Å²) in [5.41, 5.74) is 2.43. The number of nitrogens with zero attached hydrogens (tertiary/aromatic N) is 4. The summed E-state index contributed by atoms with van der Waals surface area (Å²) in [4.78, 5) is 17.3. The molecule has 0 N–H and O–H groups in total. The minimum absolute atomic E-state index is 0.192. The topological polar surface area (TPSA) is 42.6 Å². The van der Waals surface area contributed by atoms with Gasteiger partial charge >= 0.3 is 0 Å². The summed E-state index contributed by atoms with van der Waals surface area (Å²) in [6.07, 6.45) is 0. The first-order chi connectivity index (χ1) is 14.5.